The third-order valence-electron chi connectivity index (χ3n) is 2.36. The molecular weight excluding hydrogens is 204 g/mol. The van der Waals surface area contributed by atoms with Crippen LogP contribution < -0.4 is 4.74 Å². The van der Waals surface area contributed by atoms with Crippen LogP contribution in [0.2, 0.25) is 0 Å². The lowest BCUT2D eigenvalue weighted by Gasteiger charge is -2.14. The highest BCUT2D eigenvalue weighted by molar-refractivity contribution is 5.66. The van der Waals surface area contributed by atoms with E-state index >= 15 is 0 Å². The lowest BCUT2D eigenvalue weighted by atomic mass is 10.00. The summed E-state index contributed by atoms with van der Waals surface area (Å²) < 4.78 is 5.48. The van der Waals surface area contributed by atoms with Crippen LogP contribution in [0.15, 0.2) is 18.2 Å². The Balaban J connectivity index is 2.74. The monoisotopic (exact) mass is 222 g/mol. The predicted octanol–water partition coefficient (Wildman–Crippen LogP) is 2.97. The minimum absolute atomic E-state index is 0.0331. The van der Waals surface area contributed by atoms with Gasteiger partial charge in [0.05, 0.1) is 13.0 Å². The first-order valence-corrected chi connectivity index (χ1v) is 5.46. The molecule has 0 fully saturated rings. The molecule has 0 saturated heterocycles. The number of rotatable bonds is 5. The molecule has 0 aliphatic heterocycles. The van der Waals surface area contributed by atoms with Gasteiger partial charge in [0, 0.05) is 0 Å². The number of hydrogen-bond donors (Lipinski definition) is 1. The maximum absolute atomic E-state index is 10.4. The molecule has 3 heteroatoms. The highest BCUT2D eigenvalue weighted by Gasteiger charge is 2.08. The zero-order valence-electron chi connectivity index (χ0n) is 9.99. The summed E-state index contributed by atoms with van der Waals surface area (Å²) in [6.07, 6.45) is 0.0331. The second kappa shape index (κ2) is 5.54. The highest BCUT2D eigenvalue weighted by atomic mass is 16.5. The maximum atomic E-state index is 10.4. The van der Waals surface area contributed by atoms with Gasteiger partial charge in [-0.1, -0.05) is 31.5 Å². The van der Waals surface area contributed by atoms with E-state index in [9.17, 15) is 4.79 Å². The van der Waals surface area contributed by atoms with E-state index in [1.165, 1.54) is 5.56 Å². The van der Waals surface area contributed by atoms with E-state index in [0.717, 1.165) is 11.3 Å². The van der Waals surface area contributed by atoms with Crippen LogP contribution in [0.3, 0.4) is 0 Å². The third kappa shape index (κ3) is 3.57. The van der Waals surface area contributed by atoms with Gasteiger partial charge in [-0.2, -0.15) is 0 Å². The van der Waals surface area contributed by atoms with Crippen molar-refractivity contribution in [3.8, 4) is 5.75 Å². The largest absolute Gasteiger partial charge is 0.493 e. The van der Waals surface area contributed by atoms with E-state index < -0.39 is 5.97 Å². The summed E-state index contributed by atoms with van der Waals surface area (Å²) in [5, 5.41) is 8.53. The fourth-order valence-electron chi connectivity index (χ4n) is 1.50. The SMILES string of the molecule is Cc1ccc(OCCC(=O)O)c(C(C)C)c1. The number of hydrogen-bond acceptors (Lipinski definition) is 2. The van der Waals surface area contributed by atoms with Gasteiger partial charge < -0.3 is 9.84 Å². The minimum Gasteiger partial charge on any atom is -0.493 e. The molecule has 0 heterocycles. The van der Waals surface area contributed by atoms with Gasteiger partial charge in [0.25, 0.3) is 0 Å². The summed E-state index contributed by atoms with van der Waals surface area (Å²) in [6.45, 7) is 6.45. The molecular formula is C13H18O3. The zero-order chi connectivity index (χ0) is 12.1. The summed E-state index contributed by atoms with van der Waals surface area (Å²) in [7, 11) is 0. The van der Waals surface area contributed by atoms with E-state index in [-0.39, 0.29) is 13.0 Å². The van der Waals surface area contributed by atoms with Crippen molar-refractivity contribution in [3.63, 3.8) is 0 Å². The molecule has 1 aromatic carbocycles. The molecule has 0 aromatic heterocycles. The summed E-state index contributed by atoms with van der Waals surface area (Å²) in [5.41, 5.74) is 2.32. The standard InChI is InChI=1S/C13H18O3/c1-9(2)11-8-10(3)4-5-12(11)16-7-6-13(14)15/h4-5,8-9H,6-7H2,1-3H3,(H,14,15). The molecule has 0 unspecified atom stereocenters. The molecule has 0 radical (unpaired) electrons. The Hall–Kier alpha value is -1.51. The summed E-state index contributed by atoms with van der Waals surface area (Å²) >= 11 is 0. The number of benzene rings is 1. The van der Waals surface area contributed by atoms with Gasteiger partial charge in [-0.05, 0) is 24.5 Å². The van der Waals surface area contributed by atoms with Crippen LogP contribution in [-0.2, 0) is 4.79 Å². The number of carbonyl (C=O) groups is 1. The topological polar surface area (TPSA) is 46.5 Å². The minimum atomic E-state index is -0.835. The Morgan fingerprint density at radius 2 is 2.12 bits per heavy atom. The molecule has 0 saturated carbocycles. The highest BCUT2D eigenvalue weighted by Crippen LogP contribution is 2.27. The number of aryl methyl sites for hydroxylation is 1. The molecule has 0 atom stereocenters. The number of ether oxygens (including phenoxy) is 1. The van der Waals surface area contributed by atoms with Crippen molar-refractivity contribution in [1.29, 1.82) is 0 Å². The molecule has 1 aromatic rings. The summed E-state index contributed by atoms with van der Waals surface area (Å²) in [4.78, 5) is 10.4. The van der Waals surface area contributed by atoms with Crippen LogP contribution in [0.5, 0.6) is 5.75 Å². The van der Waals surface area contributed by atoms with Crippen LogP contribution in [0.4, 0.5) is 0 Å². The molecule has 0 aliphatic rings. The molecule has 16 heavy (non-hydrogen) atoms. The van der Waals surface area contributed by atoms with Crippen LogP contribution in [-0.4, -0.2) is 17.7 Å². The Morgan fingerprint density at radius 1 is 1.44 bits per heavy atom. The van der Waals surface area contributed by atoms with Crippen molar-refractivity contribution in [2.45, 2.75) is 33.1 Å². The van der Waals surface area contributed by atoms with Gasteiger partial charge in [-0.25, -0.2) is 0 Å². The van der Waals surface area contributed by atoms with Gasteiger partial charge in [-0.3, -0.25) is 4.79 Å². The molecule has 0 spiro atoms. The number of aliphatic carboxylic acids is 1. The molecule has 1 rings (SSSR count). The van der Waals surface area contributed by atoms with Crippen LogP contribution >= 0.6 is 0 Å². The van der Waals surface area contributed by atoms with Gasteiger partial charge in [0.15, 0.2) is 0 Å². The van der Waals surface area contributed by atoms with Crippen molar-refractivity contribution in [2.24, 2.45) is 0 Å². The quantitative estimate of drug-likeness (QED) is 0.833. The molecule has 0 aliphatic carbocycles. The normalized spacial score (nSPS) is 10.5. The van der Waals surface area contributed by atoms with Gasteiger partial charge in [0.2, 0.25) is 0 Å². The smallest absolute Gasteiger partial charge is 0.306 e. The Morgan fingerprint density at radius 3 is 2.69 bits per heavy atom. The third-order valence-corrected chi connectivity index (χ3v) is 2.36. The summed E-state index contributed by atoms with van der Waals surface area (Å²) in [6, 6.07) is 5.97. The van der Waals surface area contributed by atoms with E-state index in [0.29, 0.717) is 5.92 Å². The first kappa shape index (κ1) is 12.6. The van der Waals surface area contributed by atoms with Crippen molar-refractivity contribution in [1.82, 2.24) is 0 Å². The number of carboxylic acid groups (broad SMARTS) is 1. The van der Waals surface area contributed by atoms with Crippen LogP contribution in [0, 0.1) is 6.92 Å². The fraction of sp³-hybridized carbons (Fsp3) is 0.462. The van der Waals surface area contributed by atoms with Crippen LogP contribution in [0.25, 0.3) is 0 Å². The lowest BCUT2D eigenvalue weighted by molar-refractivity contribution is -0.137. The molecule has 0 bridgehead atoms. The second-order valence-electron chi connectivity index (χ2n) is 4.19. The molecule has 3 nitrogen and oxygen atoms in total. The first-order chi connectivity index (χ1) is 7.50. The first-order valence-electron chi connectivity index (χ1n) is 5.46. The van der Waals surface area contributed by atoms with Gasteiger partial charge in [0.1, 0.15) is 5.75 Å². The van der Waals surface area contributed by atoms with Crippen molar-refractivity contribution in [2.75, 3.05) is 6.61 Å². The van der Waals surface area contributed by atoms with E-state index in [1.54, 1.807) is 0 Å². The Labute approximate surface area is 96.1 Å². The molecule has 88 valence electrons. The zero-order valence-corrected chi connectivity index (χ0v) is 9.99. The van der Waals surface area contributed by atoms with Crippen molar-refractivity contribution < 1.29 is 14.6 Å². The molecule has 0 amide bonds. The maximum Gasteiger partial charge on any atom is 0.306 e. The average molecular weight is 222 g/mol. The predicted molar refractivity (Wildman–Crippen MR) is 63.0 cm³/mol. The van der Waals surface area contributed by atoms with E-state index in [2.05, 4.69) is 19.9 Å². The van der Waals surface area contributed by atoms with Crippen LogP contribution in [0.1, 0.15) is 37.3 Å². The van der Waals surface area contributed by atoms with E-state index in [4.69, 9.17) is 9.84 Å². The Bertz CT molecular complexity index is 369. The summed E-state index contributed by atoms with van der Waals surface area (Å²) in [5.74, 6) is 0.333. The molecule has 1 N–H and O–H groups in total. The van der Waals surface area contributed by atoms with Gasteiger partial charge >= 0.3 is 5.97 Å². The Kier molecular flexibility index (Phi) is 4.35. The van der Waals surface area contributed by atoms with Crippen molar-refractivity contribution >= 4 is 5.97 Å². The lowest BCUT2D eigenvalue weighted by Crippen LogP contribution is -2.06. The van der Waals surface area contributed by atoms with Crippen molar-refractivity contribution in [3.05, 3.63) is 29.3 Å². The van der Waals surface area contributed by atoms with Gasteiger partial charge in [-0.15, -0.1) is 0 Å². The average Bonchev–Trinajstić information content (AvgIpc) is 2.19. The fourth-order valence-corrected chi connectivity index (χ4v) is 1.50. The number of carboxylic acids is 1. The second-order valence-corrected chi connectivity index (χ2v) is 4.19. The van der Waals surface area contributed by atoms with E-state index in [1.807, 2.05) is 19.1 Å².